The van der Waals surface area contributed by atoms with Crippen molar-refractivity contribution in [2.24, 2.45) is 0 Å². The van der Waals surface area contributed by atoms with Crippen molar-refractivity contribution < 1.29 is 19.0 Å². The van der Waals surface area contributed by atoms with Crippen molar-refractivity contribution in [3.63, 3.8) is 0 Å². The quantitative estimate of drug-likeness (QED) is 0.729. The molecule has 142 valence electrons. The number of methoxy groups -OCH3 is 2. The molecule has 1 saturated heterocycles. The highest BCUT2D eigenvalue weighted by Gasteiger charge is 2.23. The van der Waals surface area contributed by atoms with Crippen LogP contribution < -0.4 is 14.2 Å². The minimum absolute atomic E-state index is 0.00901. The molecule has 1 aliphatic rings. The third kappa shape index (κ3) is 4.97. The molecule has 7 nitrogen and oxygen atoms in total. The maximum atomic E-state index is 12.4. The number of carbonyl (C=O) groups excluding carboxylic acids is 1. The number of ether oxygens (including phenoxy) is 3. The van der Waals surface area contributed by atoms with Gasteiger partial charge < -0.3 is 19.1 Å². The van der Waals surface area contributed by atoms with E-state index in [1.165, 1.54) is 6.33 Å². The maximum Gasteiger partial charge on any atom is 0.246 e. The molecule has 0 bridgehead atoms. The van der Waals surface area contributed by atoms with Gasteiger partial charge in [0, 0.05) is 44.3 Å². The molecule has 0 N–H and O–H groups in total. The van der Waals surface area contributed by atoms with Crippen LogP contribution in [0.25, 0.3) is 6.08 Å². The molecule has 0 radical (unpaired) electrons. The van der Waals surface area contributed by atoms with E-state index in [4.69, 9.17) is 14.2 Å². The molecule has 2 heterocycles. The first-order valence-corrected chi connectivity index (χ1v) is 8.81. The second kappa shape index (κ2) is 9.02. The summed E-state index contributed by atoms with van der Waals surface area (Å²) in [4.78, 5) is 22.2. The first kappa shape index (κ1) is 18.7. The molecule has 1 amide bonds. The molecule has 0 spiro atoms. The summed E-state index contributed by atoms with van der Waals surface area (Å²) >= 11 is 0. The van der Waals surface area contributed by atoms with Crippen LogP contribution in [0, 0.1) is 0 Å². The molecule has 0 aliphatic carbocycles. The van der Waals surface area contributed by atoms with Crippen LogP contribution in [0.2, 0.25) is 0 Å². The summed E-state index contributed by atoms with van der Waals surface area (Å²) in [5, 5.41) is 0. The van der Waals surface area contributed by atoms with Gasteiger partial charge in [-0.2, -0.15) is 0 Å². The van der Waals surface area contributed by atoms with Gasteiger partial charge in [0.25, 0.3) is 0 Å². The Morgan fingerprint density at radius 2 is 1.93 bits per heavy atom. The highest BCUT2D eigenvalue weighted by molar-refractivity contribution is 5.91. The van der Waals surface area contributed by atoms with Crippen LogP contribution in [-0.4, -0.2) is 54.2 Å². The van der Waals surface area contributed by atoms with Gasteiger partial charge in [0.05, 0.1) is 14.2 Å². The Labute approximate surface area is 158 Å². The number of carbonyl (C=O) groups is 1. The highest BCUT2D eigenvalue weighted by atomic mass is 16.5. The Hall–Kier alpha value is -3.09. The van der Waals surface area contributed by atoms with E-state index >= 15 is 0 Å². The maximum absolute atomic E-state index is 12.4. The van der Waals surface area contributed by atoms with E-state index in [1.807, 2.05) is 23.1 Å². The first-order chi connectivity index (χ1) is 13.2. The molecule has 1 aromatic heterocycles. The van der Waals surface area contributed by atoms with Crippen LogP contribution in [0.15, 0.2) is 42.9 Å². The lowest BCUT2D eigenvalue weighted by atomic mass is 10.1. The number of hydrogen-bond donors (Lipinski definition) is 0. The fourth-order valence-electron chi connectivity index (χ4n) is 2.94. The van der Waals surface area contributed by atoms with Crippen LogP contribution in [0.5, 0.6) is 17.4 Å². The van der Waals surface area contributed by atoms with Gasteiger partial charge in [0.2, 0.25) is 11.8 Å². The molecule has 7 heteroatoms. The van der Waals surface area contributed by atoms with Crippen LogP contribution in [-0.2, 0) is 4.79 Å². The number of aromatic nitrogens is 2. The Bertz CT molecular complexity index is 787. The van der Waals surface area contributed by atoms with Crippen LogP contribution in [0.1, 0.15) is 18.4 Å². The molecule has 3 rings (SSSR count). The van der Waals surface area contributed by atoms with Crippen molar-refractivity contribution in [3.8, 4) is 17.4 Å². The second-order valence-corrected chi connectivity index (χ2v) is 6.14. The number of nitrogens with zero attached hydrogens (tertiary/aromatic N) is 3. The third-order valence-electron chi connectivity index (χ3n) is 4.42. The SMILES string of the molecule is COc1ccc(/C=C/C(=O)N2CCC(Oc3ccncn3)CC2)cc1OC. The van der Waals surface area contributed by atoms with Crippen molar-refractivity contribution in [2.75, 3.05) is 27.3 Å². The van der Waals surface area contributed by atoms with E-state index in [-0.39, 0.29) is 12.0 Å². The first-order valence-electron chi connectivity index (χ1n) is 8.81. The molecule has 0 atom stereocenters. The van der Waals surface area contributed by atoms with Gasteiger partial charge in [-0.1, -0.05) is 6.07 Å². The molecule has 0 saturated carbocycles. The lowest BCUT2D eigenvalue weighted by Gasteiger charge is -2.31. The van der Waals surface area contributed by atoms with Crippen molar-refractivity contribution >= 4 is 12.0 Å². The van der Waals surface area contributed by atoms with E-state index in [2.05, 4.69) is 9.97 Å². The Kier molecular flexibility index (Phi) is 6.25. The molecular formula is C20H23N3O4. The zero-order valence-electron chi connectivity index (χ0n) is 15.5. The molecule has 2 aromatic rings. The predicted octanol–water partition coefficient (Wildman–Crippen LogP) is 2.58. The Balaban J connectivity index is 1.53. The van der Waals surface area contributed by atoms with Gasteiger partial charge in [-0.25, -0.2) is 9.97 Å². The number of hydrogen-bond acceptors (Lipinski definition) is 6. The molecule has 27 heavy (non-hydrogen) atoms. The van der Waals surface area contributed by atoms with Crippen LogP contribution >= 0.6 is 0 Å². The largest absolute Gasteiger partial charge is 0.493 e. The minimum Gasteiger partial charge on any atom is -0.493 e. The average Bonchev–Trinajstić information content (AvgIpc) is 2.73. The topological polar surface area (TPSA) is 73.8 Å². The highest BCUT2D eigenvalue weighted by Crippen LogP contribution is 2.28. The average molecular weight is 369 g/mol. The summed E-state index contributed by atoms with van der Waals surface area (Å²) in [5.74, 6) is 1.86. The van der Waals surface area contributed by atoms with Gasteiger partial charge in [-0.3, -0.25) is 4.79 Å². The van der Waals surface area contributed by atoms with Crippen molar-refractivity contribution in [2.45, 2.75) is 18.9 Å². The number of amides is 1. The van der Waals surface area contributed by atoms with Gasteiger partial charge in [0.1, 0.15) is 12.4 Å². The van der Waals surface area contributed by atoms with E-state index in [0.29, 0.717) is 30.5 Å². The van der Waals surface area contributed by atoms with Crippen molar-refractivity contribution in [3.05, 3.63) is 48.4 Å². The zero-order chi connectivity index (χ0) is 19.1. The molecule has 1 aliphatic heterocycles. The number of piperidine rings is 1. The normalized spacial score (nSPS) is 15.0. The summed E-state index contributed by atoms with van der Waals surface area (Å²) in [7, 11) is 3.18. The summed E-state index contributed by atoms with van der Waals surface area (Å²) < 4.78 is 16.3. The van der Waals surface area contributed by atoms with Crippen LogP contribution in [0.4, 0.5) is 0 Å². The summed E-state index contributed by atoms with van der Waals surface area (Å²) in [6.07, 6.45) is 8.12. The van der Waals surface area contributed by atoms with Crippen LogP contribution in [0.3, 0.4) is 0 Å². The standard InChI is InChI=1S/C20H23N3O4/c1-25-17-5-3-15(13-18(17)26-2)4-6-20(24)23-11-8-16(9-12-23)27-19-7-10-21-14-22-19/h3-7,10,13-14,16H,8-9,11-12H2,1-2H3/b6-4+. The monoisotopic (exact) mass is 369 g/mol. The van der Waals surface area contributed by atoms with Gasteiger partial charge in [-0.15, -0.1) is 0 Å². The lowest BCUT2D eigenvalue weighted by molar-refractivity contribution is -0.127. The second-order valence-electron chi connectivity index (χ2n) is 6.14. The van der Waals surface area contributed by atoms with Gasteiger partial charge in [0.15, 0.2) is 11.5 Å². The van der Waals surface area contributed by atoms with E-state index < -0.39 is 0 Å². The summed E-state index contributed by atoms with van der Waals surface area (Å²) in [6, 6.07) is 7.28. The molecule has 0 unspecified atom stereocenters. The fraction of sp³-hybridized carbons (Fsp3) is 0.350. The van der Waals surface area contributed by atoms with Crippen molar-refractivity contribution in [1.29, 1.82) is 0 Å². The van der Waals surface area contributed by atoms with E-state index in [9.17, 15) is 4.79 Å². The minimum atomic E-state index is -0.00901. The summed E-state index contributed by atoms with van der Waals surface area (Å²) in [5.41, 5.74) is 0.878. The molecule has 1 aromatic carbocycles. The zero-order valence-corrected chi connectivity index (χ0v) is 15.5. The Morgan fingerprint density at radius 3 is 2.59 bits per heavy atom. The number of benzene rings is 1. The number of rotatable bonds is 6. The van der Waals surface area contributed by atoms with E-state index in [1.54, 1.807) is 38.6 Å². The molecular weight excluding hydrogens is 346 g/mol. The third-order valence-corrected chi connectivity index (χ3v) is 4.42. The van der Waals surface area contributed by atoms with Gasteiger partial charge >= 0.3 is 0 Å². The fourth-order valence-corrected chi connectivity index (χ4v) is 2.94. The van der Waals surface area contributed by atoms with Crippen molar-refractivity contribution in [1.82, 2.24) is 14.9 Å². The summed E-state index contributed by atoms with van der Waals surface area (Å²) in [6.45, 7) is 1.32. The van der Waals surface area contributed by atoms with Gasteiger partial charge in [-0.05, 0) is 23.8 Å². The molecule has 1 fully saturated rings. The predicted molar refractivity (Wildman–Crippen MR) is 101 cm³/mol. The Morgan fingerprint density at radius 1 is 1.15 bits per heavy atom. The number of likely N-dealkylation sites (tertiary alicyclic amines) is 1. The van der Waals surface area contributed by atoms with E-state index in [0.717, 1.165) is 18.4 Å². The smallest absolute Gasteiger partial charge is 0.246 e. The lowest BCUT2D eigenvalue weighted by Crippen LogP contribution is -2.41.